The summed E-state index contributed by atoms with van der Waals surface area (Å²) in [7, 11) is 0. The second-order valence-electron chi connectivity index (χ2n) is 3.83. The Labute approximate surface area is 78.2 Å². The van der Waals surface area contributed by atoms with Gasteiger partial charge >= 0.3 is 0 Å². The van der Waals surface area contributed by atoms with E-state index in [1.807, 2.05) is 11.8 Å². The van der Waals surface area contributed by atoms with Crippen LogP contribution in [0.1, 0.15) is 13.3 Å². The first-order valence-electron chi connectivity index (χ1n) is 4.88. The van der Waals surface area contributed by atoms with Crippen LogP contribution in [0.25, 0.3) is 0 Å². The fourth-order valence-corrected chi connectivity index (χ4v) is 1.93. The molecule has 0 spiro atoms. The van der Waals surface area contributed by atoms with Gasteiger partial charge in [-0.3, -0.25) is 10.1 Å². The first-order chi connectivity index (χ1) is 6.27. The van der Waals surface area contributed by atoms with Gasteiger partial charge in [-0.2, -0.15) is 0 Å². The highest BCUT2D eigenvalue weighted by molar-refractivity contribution is 5.80. The largest absolute Gasteiger partial charge is 0.381 e. The molecule has 0 bridgehead atoms. The number of hydrogen-bond donors (Lipinski definition) is 1. The van der Waals surface area contributed by atoms with Gasteiger partial charge in [0.1, 0.15) is 0 Å². The summed E-state index contributed by atoms with van der Waals surface area (Å²) < 4.78 is 5.28. The predicted molar refractivity (Wildman–Crippen MR) is 48.1 cm³/mol. The van der Waals surface area contributed by atoms with Crippen molar-refractivity contribution < 1.29 is 9.53 Å². The number of ether oxygens (including phenoxy) is 1. The Balaban J connectivity index is 1.88. The van der Waals surface area contributed by atoms with E-state index in [4.69, 9.17) is 4.74 Å². The van der Waals surface area contributed by atoms with Gasteiger partial charge < -0.3 is 9.64 Å². The van der Waals surface area contributed by atoms with E-state index in [1.54, 1.807) is 0 Å². The monoisotopic (exact) mass is 184 g/mol. The van der Waals surface area contributed by atoms with Crippen LogP contribution >= 0.6 is 0 Å². The van der Waals surface area contributed by atoms with Gasteiger partial charge in [0.05, 0.1) is 19.3 Å². The molecule has 2 heterocycles. The van der Waals surface area contributed by atoms with Crippen molar-refractivity contribution in [3.63, 3.8) is 0 Å². The Bertz CT molecular complexity index is 202. The minimum absolute atomic E-state index is 0.202. The third kappa shape index (κ3) is 1.84. The Kier molecular flexibility index (Phi) is 2.51. The van der Waals surface area contributed by atoms with Crippen LogP contribution in [0, 0.1) is 5.92 Å². The molecule has 2 atom stereocenters. The molecule has 2 fully saturated rings. The van der Waals surface area contributed by atoms with Gasteiger partial charge in [-0.25, -0.2) is 0 Å². The number of carbonyl (C=O) groups is 1. The van der Waals surface area contributed by atoms with E-state index in [-0.39, 0.29) is 12.1 Å². The number of hydrogen-bond acceptors (Lipinski definition) is 3. The number of nitrogens with one attached hydrogen (secondary N) is 1. The second kappa shape index (κ2) is 3.64. The number of carbonyl (C=O) groups excluding carboxylic acids is 1. The minimum atomic E-state index is 0.202. The van der Waals surface area contributed by atoms with Crippen LogP contribution in [-0.2, 0) is 9.53 Å². The van der Waals surface area contributed by atoms with Crippen LogP contribution < -0.4 is 5.32 Å². The van der Waals surface area contributed by atoms with Crippen LogP contribution in [0.5, 0.6) is 0 Å². The fraction of sp³-hybridized carbons (Fsp3) is 0.889. The Hall–Kier alpha value is -0.610. The van der Waals surface area contributed by atoms with E-state index in [0.717, 1.165) is 26.2 Å². The van der Waals surface area contributed by atoms with Gasteiger partial charge in [-0.1, -0.05) is 0 Å². The lowest BCUT2D eigenvalue weighted by Crippen LogP contribution is -2.38. The third-order valence-electron chi connectivity index (χ3n) is 2.82. The highest BCUT2D eigenvalue weighted by atomic mass is 16.5. The lowest BCUT2D eigenvalue weighted by atomic mass is 10.1. The van der Waals surface area contributed by atoms with Crippen LogP contribution in [0.3, 0.4) is 0 Å². The molecule has 4 heteroatoms. The summed E-state index contributed by atoms with van der Waals surface area (Å²) in [6.07, 6.45) is 1.30. The van der Waals surface area contributed by atoms with Crippen molar-refractivity contribution in [2.75, 3.05) is 26.3 Å². The maximum absolute atomic E-state index is 11.4. The average molecular weight is 184 g/mol. The van der Waals surface area contributed by atoms with Crippen LogP contribution in [-0.4, -0.2) is 43.3 Å². The zero-order valence-electron chi connectivity index (χ0n) is 7.95. The van der Waals surface area contributed by atoms with E-state index < -0.39 is 0 Å². The van der Waals surface area contributed by atoms with Gasteiger partial charge in [-0.05, 0) is 13.3 Å². The van der Waals surface area contributed by atoms with Gasteiger partial charge in [0, 0.05) is 19.1 Å². The van der Waals surface area contributed by atoms with Gasteiger partial charge in [0.2, 0.25) is 5.91 Å². The summed E-state index contributed by atoms with van der Waals surface area (Å²) in [6.45, 7) is 5.05. The molecule has 0 aromatic rings. The Morgan fingerprint density at radius 3 is 3.08 bits per heavy atom. The van der Waals surface area contributed by atoms with E-state index in [1.165, 1.54) is 0 Å². The standard InChI is InChI=1S/C9H16N2O2/c1-7-10-4-9(12)11(7)5-8-2-3-13-6-8/h7-8,10H,2-6H2,1H3. The zero-order valence-corrected chi connectivity index (χ0v) is 7.95. The van der Waals surface area contributed by atoms with Gasteiger partial charge in [-0.15, -0.1) is 0 Å². The molecule has 0 radical (unpaired) electrons. The molecule has 2 rings (SSSR count). The molecule has 74 valence electrons. The molecule has 13 heavy (non-hydrogen) atoms. The molecular weight excluding hydrogens is 168 g/mol. The lowest BCUT2D eigenvalue weighted by Gasteiger charge is -2.23. The van der Waals surface area contributed by atoms with Gasteiger partial charge in [0.25, 0.3) is 0 Å². The Morgan fingerprint density at radius 2 is 2.54 bits per heavy atom. The second-order valence-corrected chi connectivity index (χ2v) is 3.83. The minimum Gasteiger partial charge on any atom is -0.381 e. The summed E-state index contributed by atoms with van der Waals surface area (Å²) >= 11 is 0. The van der Waals surface area contributed by atoms with E-state index >= 15 is 0 Å². The summed E-state index contributed by atoms with van der Waals surface area (Å²) in [5.41, 5.74) is 0. The zero-order chi connectivity index (χ0) is 9.26. The molecule has 0 aromatic heterocycles. The van der Waals surface area contributed by atoms with Crippen molar-refractivity contribution in [1.82, 2.24) is 10.2 Å². The molecule has 2 saturated heterocycles. The summed E-state index contributed by atoms with van der Waals surface area (Å²) in [5, 5.41) is 3.13. The van der Waals surface area contributed by atoms with Crippen molar-refractivity contribution >= 4 is 5.91 Å². The number of nitrogens with zero attached hydrogens (tertiary/aromatic N) is 1. The lowest BCUT2D eigenvalue weighted by molar-refractivity contribution is -0.128. The molecule has 4 nitrogen and oxygen atoms in total. The summed E-state index contributed by atoms with van der Waals surface area (Å²) in [5.74, 6) is 0.769. The highest BCUT2D eigenvalue weighted by Crippen LogP contribution is 2.16. The van der Waals surface area contributed by atoms with Crippen molar-refractivity contribution in [3.05, 3.63) is 0 Å². The molecule has 0 aliphatic carbocycles. The first kappa shape index (κ1) is 8.97. The maximum Gasteiger partial charge on any atom is 0.237 e. The molecule has 0 saturated carbocycles. The first-order valence-corrected chi connectivity index (χ1v) is 4.88. The smallest absolute Gasteiger partial charge is 0.237 e. The highest BCUT2D eigenvalue weighted by Gasteiger charge is 2.30. The SMILES string of the molecule is CC1NCC(=O)N1CC1CCOC1. The molecule has 0 aromatic carbocycles. The van der Waals surface area contributed by atoms with Crippen LogP contribution in [0.2, 0.25) is 0 Å². The van der Waals surface area contributed by atoms with Crippen molar-refractivity contribution in [2.45, 2.75) is 19.5 Å². The number of rotatable bonds is 2. The number of amides is 1. The molecule has 2 aliphatic heterocycles. The maximum atomic E-state index is 11.4. The topological polar surface area (TPSA) is 41.6 Å². The fourth-order valence-electron chi connectivity index (χ4n) is 1.93. The molecule has 1 amide bonds. The predicted octanol–water partition coefficient (Wildman–Crippen LogP) is -0.199. The van der Waals surface area contributed by atoms with E-state index in [9.17, 15) is 4.79 Å². The quantitative estimate of drug-likeness (QED) is 0.646. The van der Waals surface area contributed by atoms with Crippen LogP contribution in [0.4, 0.5) is 0 Å². The van der Waals surface area contributed by atoms with Crippen LogP contribution in [0.15, 0.2) is 0 Å². The van der Waals surface area contributed by atoms with Crippen molar-refractivity contribution in [1.29, 1.82) is 0 Å². The summed E-state index contributed by atoms with van der Waals surface area (Å²) in [4.78, 5) is 13.3. The van der Waals surface area contributed by atoms with E-state index in [0.29, 0.717) is 12.5 Å². The molecule has 2 unspecified atom stereocenters. The summed E-state index contributed by atoms with van der Waals surface area (Å²) in [6, 6.07) is 0. The van der Waals surface area contributed by atoms with E-state index in [2.05, 4.69) is 5.32 Å². The Morgan fingerprint density at radius 1 is 1.69 bits per heavy atom. The third-order valence-corrected chi connectivity index (χ3v) is 2.82. The molecule has 2 aliphatic rings. The van der Waals surface area contributed by atoms with Crippen molar-refractivity contribution in [3.8, 4) is 0 Å². The molecule has 1 N–H and O–H groups in total. The molecular formula is C9H16N2O2. The normalized spacial score (nSPS) is 34.5. The van der Waals surface area contributed by atoms with Crippen molar-refractivity contribution in [2.24, 2.45) is 5.92 Å². The average Bonchev–Trinajstić information content (AvgIpc) is 2.70. The van der Waals surface area contributed by atoms with Gasteiger partial charge in [0.15, 0.2) is 0 Å².